The number of piperidine rings is 2. The summed E-state index contributed by atoms with van der Waals surface area (Å²) in [4.78, 5) is 26.5. The van der Waals surface area contributed by atoms with Gasteiger partial charge in [-0.15, -0.1) is 0 Å². The average Bonchev–Trinajstić information content (AvgIpc) is 2.60. The zero-order chi connectivity index (χ0) is 19.6. The third-order valence-corrected chi connectivity index (χ3v) is 6.87. The number of rotatable bonds is 3. The number of aromatic hydroxyl groups is 1. The normalized spacial score (nSPS) is 30.9. The lowest BCUT2D eigenvalue weighted by molar-refractivity contribution is 0.0162. The largest absolute Gasteiger partial charge is 0.506 e. The number of para-hydroxylation sites is 1. The Morgan fingerprint density at radius 3 is 2.54 bits per heavy atom. The van der Waals surface area contributed by atoms with Gasteiger partial charge < -0.3 is 20.3 Å². The van der Waals surface area contributed by atoms with Crippen molar-refractivity contribution in [3.05, 3.63) is 40.2 Å². The van der Waals surface area contributed by atoms with Gasteiger partial charge in [0.25, 0.3) is 11.5 Å². The van der Waals surface area contributed by atoms with Crippen molar-refractivity contribution >= 4 is 16.8 Å². The maximum absolute atomic E-state index is 13.3. The van der Waals surface area contributed by atoms with Gasteiger partial charge in [0, 0.05) is 29.1 Å². The molecule has 6 heteroatoms. The molecule has 3 N–H and O–H groups in total. The maximum atomic E-state index is 13.3. The van der Waals surface area contributed by atoms with Crippen LogP contribution < -0.4 is 16.2 Å². The number of nitrogens with zero attached hydrogens (tertiary/aromatic N) is 1. The standard InChI is InChI=1S/C22H27N3O3/c1-12(2)25-17-6-4-3-5-16(17)19(26)18(21(25)28)20(27)24-22-9-13-7-14(10-22)23-15(8-13)11-22/h3-6,12-15,23,26H,7-11H2,1-2H3,(H,24,27). The van der Waals surface area contributed by atoms with Crippen molar-refractivity contribution in [3.8, 4) is 5.75 Å². The molecule has 4 fully saturated rings. The number of carbonyl (C=O) groups is 1. The maximum Gasteiger partial charge on any atom is 0.267 e. The molecule has 2 atom stereocenters. The van der Waals surface area contributed by atoms with Crippen LogP contribution in [0.4, 0.5) is 0 Å². The van der Waals surface area contributed by atoms with E-state index in [-0.39, 0.29) is 22.9 Å². The van der Waals surface area contributed by atoms with Gasteiger partial charge in [-0.2, -0.15) is 0 Å². The molecule has 1 aromatic heterocycles. The van der Waals surface area contributed by atoms with Crippen molar-refractivity contribution in [2.75, 3.05) is 0 Å². The molecule has 1 aromatic carbocycles. The molecule has 2 aliphatic carbocycles. The lowest BCUT2D eigenvalue weighted by Crippen LogP contribution is -2.68. The molecule has 3 heterocycles. The second-order valence-electron chi connectivity index (χ2n) is 9.25. The fourth-order valence-electron chi connectivity index (χ4n) is 6.09. The van der Waals surface area contributed by atoms with Crippen LogP contribution in [0.25, 0.3) is 10.9 Å². The molecule has 2 aromatic rings. The number of fused-ring (bicyclic) bond motifs is 1. The molecule has 1 amide bonds. The van der Waals surface area contributed by atoms with Crippen LogP contribution in [0.2, 0.25) is 0 Å². The van der Waals surface area contributed by atoms with E-state index in [4.69, 9.17) is 0 Å². The first-order chi connectivity index (χ1) is 13.4. The van der Waals surface area contributed by atoms with E-state index in [1.165, 1.54) is 12.8 Å². The molecule has 6 rings (SSSR count). The summed E-state index contributed by atoms with van der Waals surface area (Å²) in [5, 5.41) is 18.2. The molecule has 2 aliphatic heterocycles. The Morgan fingerprint density at radius 1 is 1.21 bits per heavy atom. The Hall–Kier alpha value is -2.34. The van der Waals surface area contributed by atoms with Crippen molar-refractivity contribution in [2.45, 2.75) is 69.6 Å². The zero-order valence-electron chi connectivity index (χ0n) is 16.4. The van der Waals surface area contributed by atoms with Gasteiger partial charge in [-0.25, -0.2) is 0 Å². The number of benzene rings is 1. The quantitative estimate of drug-likeness (QED) is 0.763. The van der Waals surface area contributed by atoms with E-state index in [0.717, 1.165) is 19.3 Å². The second-order valence-corrected chi connectivity index (χ2v) is 9.25. The van der Waals surface area contributed by atoms with Gasteiger partial charge in [-0.3, -0.25) is 9.59 Å². The van der Waals surface area contributed by atoms with Crippen LogP contribution in [0.15, 0.2) is 29.1 Å². The van der Waals surface area contributed by atoms with Crippen LogP contribution in [-0.4, -0.2) is 33.2 Å². The summed E-state index contributed by atoms with van der Waals surface area (Å²) in [7, 11) is 0. The van der Waals surface area contributed by atoms with Gasteiger partial charge in [0.1, 0.15) is 11.3 Å². The van der Waals surface area contributed by atoms with Crippen LogP contribution in [0.1, 0.15) is 62.4 Å². The third kappa shape index (κ3) is 2.58. The minimum absolute atomic E-state index is 0.117. The molecule has 0 spiro atoms. The monoisotopic (exact) mass is 381 g/mol. The van der Waals surface area contributed by atoms with Crippen molar-refractivity contribution in [1.82, 2.24) is 15.2 Å². The summed E-state index contributed by atoms with van der Waals surface area (Å²) in [5.41, 5.74) is -0.162. The van der Waals surface area contributed by atoms with Gasteiger partial charge >= 0.3 is 0 Å². The van der Waals surface area contributed by atoms with Crippen molar-refractivity contribution < 1.29 is 9.90 Å². The van der Waals surface area contributed by atoms with E-state index in [9.17, 15) is 14.7 Å². The Labute approximate surface area is 163 Å². The fraction of sp³-hybridized carbons (Fsp3) is 0.545. The lowest BCUT2D eigenvalue weighted by atomic mass is 9.60. The Morgan fingerprint density at radius 2 is 1.89 bits per heavy atom. The van der Waals surface area contributed by atoms with Gasteiger partial charge in [-0.05, 0) is 64.0 Å². The highest BCUT2D eigenvalue weighted by Gasteiger charge is 2.51. The van der Waals surface area contributed by atoms with E-state index in [1.54, 1.807) is 10.6 Å². The number of nitrogens with one attached hydrogen (secondary N) is 2. The average molecular weight is 381 g/mol. The number of carbonyl (C=O) groups excluding carboxylic acids is 1. The molecule has 2 saturated heterocycles. The van der Waals surface area contributed by atoms with Crippen molar-refractivity contribution in [2.24, 2.45) is 5.92 Å². The molecule has 4 bridgehead atoms. The first kappa shape index (κ1) is 17.7. The molecule has 6 nitrogen and oxygen atoms in total. The van der Waals surface area contributed by atoms with Crippen LogP contribution in [-0.2, 0) is 0 Å². The SMILES string of the molecule is CC(C)n1c(=O)c(C(=O)NC23CC4CC(C2)NC(C4)C3)c(O)c2ccccc21. The van der Waals surface area contributed by atoms with Gasteiger partial charge in [0.15, 0.2) is 0 Å². The molecular formula is C22H27N3O3. The predicted octanol–water partition coefficient (Wildman–Crippen LogP) is 2.69. The van der Waals surface area contributed by atoms with Crippen LogP contribution in [0.5, 0.6) is 5.75 Å². The first-order valence-corrected chi connectivity index (χ1v) is 10.3. The Bertz CT molecular complexity index is 988. The van der Waals surface area contributed by atoms with Gasteiger partial charge in [0.2, 0.25) is 0 Å². The predicted molar refractivity (Wildman–Crippen MR) is 108 cm³/mol. The molecule has 2 saturated carbocycles. The summed E-state index contributed by atoms with van der Waals surface area (Å²) in [5.74, 6) is -0.0148. The minimum atomic E-state index is -0.440. The molecular weight excluding hydrogens is 354 g/mol. The smallest absolute Gasteiger partial charge is 0.267 e. The van der Waals surface area contributed by atoms with E-state index >= 15 is 0 Å². The van der Waals surface area contributed by atoms with Crippen LogP contribution in [0, 0.1) is 5.92 Å². The number of hydrogen-bond acceptors (Lipinski definition) is 4. The third-order valence-electron chi connectivity index (χ3n) is 6.87. The highest BCUT2D eigenvalue weighted by Crippen LogP contribution is 2.47. The van der Waals surface area contributed by atoms with Gasteiger partial charge in [0.05, 0.1) is 5.52 Å². The van der Waals surface area contributed by atoms with Crippen molar-refractivity contribution in [3.63, 3.8) is 0 Å². The fourth-order valence-corrected chi connectivity index (χ4v) is 6.09. The van der Waals surface area contributed by atoms with Crippen LogP contribution >= 0.6 is 0 Å². The summed E-state index contributed by atoms with van der Waals surface area (Å²) in [6.07, 6.45) is 5.13. The summed E-state index contributed by atoms with van der Waals surface area (Å²) in [6.45, 7) is 3.83. The van der Waals surface area contributed by atoms with Crippen molar-refractivity contribution in [1.29, 1.82) is 0 Å². The molecule has 148 valence electrons. The topological polar surface area (TPSA) is 83.4 Å². The van der Waals surface area contributed by atoms with Gasteiger partial charge in [-0.1, -0.05) is 12.1 Å². The first-order valence-electron chi connectivity index (χ1n) is 10.3. The highest BCUT2D eigenvalue weighted by atomic mass is 16.3. The summed E-state index contributed by atoms with van der Waals surface area (Å²) < 4.78 is 1.60. The zero-order valence-corrected chi connectivity index (χ0v) is 16.4. The molecule has 2 unspecified atom stereocenters. The highest BCUT2D eigenvalue weighted by molar-refractivity contribution is 6.02. The Kier molecular flexibility index (Phi) is 3.85. The molecule has 28 heavy (non-hydrogen) atoms. The number of aromatic nitrogens is 1. The lowest BCUT2D eigenvalue weighted by Gasteiger charge is -2.57. The minimum Gasteiger partial charge on any atom is -0.506 e. The number of hydrogen-bond donors (Lipinski definition) is 3. The van der Waals surface area contributed by atoms with E-state index in [2.05, 4.69) is 10.6 Å². The summed E-state index contributed by atoms with van der Waals surface area (Å²) in [6, 6.07) is 7.99. The number of amides is 1. The van der Waals surface area contributed by atoms with E-state index in [1.807, 2.05) is 32.0 Å². The molecule has 0 radical (unpaired) electrons. The second kappa shape index (κ2) is 6.08. The Balaban J connectivity index is 1.58. The van der Waals surface area contributed by atoms with E-state index < -0.39 is 11.5 Å². The van der Waals surface area contributed by atoms with Crippen LogP contribution in [0.3, 0.4) is 0 Å². The van der Waals surface area contributed by atoms with E-state index in [0.29, 0.717) is 28.9 Å². The molecule has 4 aliphatic rings. The number of pyridine rings is 1. The summed E-state index contributed by atoms with van der Waals surface area (Å²) >= 11 is 0.